The number of nitrogens with one attached hydrogen (secondary N) is 1. The van der Waals surface area contributed by atoms with E-state index >= 15 is 0 Å². The molecule has 96 valence electrons. The maximum atomic E-state index is 10.9. The molecule has 1 saturated carbocycles. The number of fused-ring (bicyclic) bond motifs is 1. The van der Waals surface area contributed by atoms with Gasteiger partial charge < -0.3 is 10.1 Å². The van der Waals surface area contributed by atoms with Crippen LogP contribution in [0.5, 0.6) is 0 Å². The highest BCUT2D eigenvalue weighted by molar-refractivity contribution is 5.80. The van der Waals surface area contributed by atoms with Crippen molar-refractivity contribution in [2.24, 2.45) is 5.92 Å². The number of rotatable bonds is 2. The lowest BCUT2D eigenvalue weighted by molar-refractivity contribution is -0.0216. The van der Waals surface area contributed by atoms with Crippen LogP contribution in [0.25, 0.3) is 10.9 Å². The fourth-order valence-corrected chi connectivity index (χ4v) is 3.32. The Labute approximate surface area is 108 Å². The van der Waals surface area contributed by atoms with E-state index in [1.54, 1.807) is 0 Å². The van der Waals surface area contributed by atoms with Crippen LogP contribution in [0, 0.1) is 5.92 Å². The van der Waals surface area contributed by atoms with Gasteiger partial charge in [-0.3, -0.25) is 0 Å². The first kappa shape index (κ1) is 11.8. The minimum absolute atomic E-state index is 0.607. The fraction of sp³-hybridized carbons (Fsp3) is 0.500. The molecule has 0 spiro atoms. The van der Waals surface area contributed by atoms with Gasteiger partial charge >= 0.3 is 0 Å². The predicted molar refractivity (Wildman–Crippen MR) is 74.4 cm³/mol. The maximum absolute atomic E-state index is 10.9. The SMILES string of the molecule is CCC1CCCC(O)(c2ccc3[nH]ccc3c2)C1. The minimum atomic E-state index is -0.607. The van der Waals surface area contributed by atoms with Crippen molar-refractivity contribution < 1.29 is 5.11 Å². The fourth-order valence-electron chi connectivity index (χ4n) is 3.32. The zero-order chi connectivity index (χ0) is 12.6. The number of aromatic nitrogens is 1. The van der Waals surface area contributed by atoms with Crippen molar-refractivity contribution in [3.63, 3.8) is 0 Å². The summed E-state index contributed by atoms with van der Waals surface area (Å²) in [6, 6.07) is 8.38. The average Bonchev–Trinajstić information content (AvgIpc) is 2.86. The molecule has 2 N–H and O–H groups in total. The highest BCUT2D eigenvalue weighted by Gasteiger charge is 2.35. The molecule has 1 aromatic carbocycles. The van der Waals surface area contributed by atoms with Gasteiger partial charge in [-0.25, -0.2) is 0 Å². The van der Waals surface area contributed by atoms with Crippen molar-refractivity contribution in [1.82, 2.24) is 4.98 Å². The van der Waals surface area contributed by atoms with E-state index in [9.17, 15) is 5.11 Å². The topological polar surface area (TPSA) is 36.0 Å². The molecule has 0 saturated heterocycles. The molecule has 2 aromatic rings. The lowest BCUT2D eigenvalue weighted by Gasteiger charge is -2.37. The molecule has 2 atom stereocenters. The molecular formula is C16H21NO. The first-order valence-electron chi connectivity index (χ1n) is 7.01. The third-order valence-corrected chi connectivity index (χ3v) is 4.50. The number of H-pyrrole nitrogens is 1. The van der Waals surface area contributed by atoms with Gasteiger partial charge in [0.1, 0.15) is 0 Å². The van der Waals surface area contributed by atoms with Gasteiger partial charge in [0.2, 0.25) is 0 Å². The van der Waals surface area contributed by atoms with E-state index in [2.05, 4.69) is 36.2 Å². The Hall–Kier alpha value is -1.28. The standard InChI is InChI=1S/C16H21NO/c1-2-12-4-3-8-16(18,11-12)14-5-6-15-13(10-14)7-9-17-15/h5-7,9-10,12,17-18H,2-4,8,11H2,1H3. The summed E-state index contributed by atoms with van der Waals surface area (Å²) in [5.41, 5.74) is 1.63. The van der Waals surface area contributed by atoms with Crippen molar-refractivity contribution in [3.8, 4) is 0 Å². The predicted octanol–water partition coefficient (Wildman–Crippen LogP) is 3.96. The van der Waals surface area contributed by atoms with E-state index < -0.39 is 5.60 Å². The second-order valence-corrected chi connectivity index (χ2v) is 5.68. The zero-order valence-corrected chi connectivity index (χ0v) is 10.9. The number of benzene rings is 1. The summed E-state index contributed by atoms with van der Waals surface area (Å²) in [4.78, 5) is 3.20. The number of aliphatic hydroxyl groups is 1. The normalized spacial score (nSPS) is 28.7. The van der Waals surface area contributed by atoms with Crippen LogP contribution in [-0.4, -0.2) is 10.1 Å². The van der Waals surface area contributed by atoms with Crippen LogP contribution < -0.4 is 0 Å². The molecule has 0 radical (unpaired) electrons. The van der Waals surface area contributed by atoms with E-state index in [-0.39, 0.29) is 0 Å². The van der Waals surface area contributed by atoms with Gasteiger partial charge in [0.25, 0.3) is 0 Å². The Balaban J connectivity index is 1.96. The van der Waals surface area contributed by atoms with Crippen molar-refractivity contribution in [2.45, 2.75) is 44.6 Å². The summed E-state index contributed by atoms with van der Waals surface area (Å²) in [7, 11) is 0. The van der Waals surface area contributed by atoms with Crippen LogP contribution in [0.3, 0.4) is 0 Å². The molecule has 1 aliphatic rings. The molecule has 1 heterocycles. The molecule has 2 nitrogen and oxygen atoms in total. The van der Waals surface area contributed by atoms with Crippen LogP contribution in [0.15, 0.2) is 30.5 Å². The zero-order valence-electron chi connectivity index (χ0n) is 10.9. The van der Waals surface area contributed by atoms with Crippen LogP contribution in [0.2, 0.25) is 0 Å². The Bertz CT molecular complexity index is 545. The quantitative estimate of drug-likeness (QED) is 0.823. The van der Waals surface area contributed by atoms with E-state index in [0.29, 0.717) is 5.92 Å². The van der Waals surface area contributed by atoms with Crippen LogP contribution in [0.1, 0.15) is 44.6 Å². The number of hydrogen-bond acceptors (Lipinski definition) is 1. The Morgan fingerprint density at radius 3 is 3.11 bits per heavy atom. The summed E-state index contributed by atoms with van der Waals surface area (Å²) >= 11 is 0. The molecule has 18 heavy (non-hydrogen) atoms. The minimum Gasteiger partial charge on any atom is -0.385 e. The second kappa shape index (κ2) is 4.43. The third-order valence-electron chi connectivity index (χ3n) is 4.50. The molecule has 1 aromatic heterocycles. The molecule has 1 fully saturated rings. The Kier molecular flexibility index (Phi) is 2.90. The largest absolute Gasteiger partial charge is 0.385 e. The van der Waals surface area contributed by atoms with Gasteiger partial charge in [-0.1, -0.05) is 25.8 Å². The van der Waals surface area contributed by atoms with E-state index in [1.165, 1.54) is 18.2 Å². The van der Waals surface area contributed by atoms with Crippen LogP contribution in [-0.2, 0) is 5.60 Å². The lowest BCUT2D eigenvalue weighted by Crippen LogP contribution is -2.32. The summed E-state index contributed by atoms with van der Waals surface area (Å²) < 4.78 is 0. The molecule has 1 aliphatic carbocycles. The van der Waals surface area contributed by atoms with E-state index in [1.807, 2.05) is 6.20 Å². The van der Waals surface area contributed by atoms with E-state index in [0.717, 1.165) is 30.3 Å². The first-order chi connectivity index (χ1) is 8.71. The van der Waals surface area contributed by atoms with Gasteiger partial charge in [0.15, 0.2) is 0 Å². The molecular weight excluding hydrogens is 222 g/mol. The Morgan fingerprint density at radius 1 is 1.39 bits per heavy atom. The Morgan fingerprint density at radius 2 is 2.28 bits per heavy atom. The average molecular weight is 243 g/mol. The molecule has 2 unspecified atom stereocenters. The number of aromatic amines is 1. The summed E-state index contributed by atoms with van der Waals surface area (Å²) in [5.74, 6) is 0.672. The third kappa shape index (κ3) is 1.95. The summed E-state index contributed by atoms with van der Waals surface area (Å²) in [5, 5.41) is 12.1. The van der Waals surface area contributed by atoms with Gasteiger partial charge in [0.05, 0.1) is 5.60 Å². The van der Waals surface area contributed by atoms with Crippen molar-refractivity contribution >= 4 is 10.9 Å². The second-order valence-electron chi connectivity index (χ2n) is 5.68. The molecule has 0 aliphatic heterocycles. The van der Waals surface area contributed by atoms with Crippen molar-refractivity contribution in [2.75, 3.05) is 0 Å². The molecule has 0 bridgehead atoms. The molecule has 2 heteroatoms. The van der Waals surface area contributed by atoms with Gasteiger partial charge in [-0.2, -0.15) is 0 Å². The van der Waals surface area contributed by atoms with Crippen molar-refractivity contribution in [1.29, 1.82) is 0 Å². The van der Waals surface area contributed by atoms with Crippen LogP contribution >= 0.6 is 0 Å². The van der Waals surface area contributed by atoms with Crippen molar-refractivity contribution in [3.05, 3.63) is 36.0 Å². The highest BCUT2D eigenvalue weighted by atomic mass is 16.3. The highest BCUT2D eigenvalue weighted by Crippen LogP contribution is 2.41. The van der Waals surface area contributed by atoms with E-state index in [4.69, 9.17) is 0 Å². The molecule has 3 rings (SSSR count). The number of hydrogen-bond donors (Lipinski definition) is 2. The first-order valence-corrected chi connectivity index (χ1v) is 7.01. The monoisotopic (exact) mass is 243 g/mol. The van der Waals surface area contributed by atoms with Gasteiger partial charge in [-0.05, 0) is 54.3 Å². The summed E-state index contributed by atoms with van der Waals surface area (Å²) in [6.07, 6.45) is 7.35. The lowest BCUT2D eigenvalue weighted by atomic mass is 9.73. The van der Waals surface area contributed by atoms with Gasteiger partial charge in [0, 0.05) is 11.7 Å². The maximum Gasteiger partial charge on any atom is 0.0899 e. The van der Waals surface area contributed by atoms with Crippen LogP contribution in [0.4, 0.5) is 0 Å². The smallest absolute Gasteiger partial charge is 0.0899 e. The summed E-state index contributed by atoms with van der Waals surface area (Å²) in [6.45, 7) is 2.23. The van der Waals surface area contributed by atoms with Gasteiger partial charge in [-0.15, -0.1) is 0 Å². The molecule has 0 amide bonds.